The van der Waals surface area contributed by atoms with Crippen molar-refractivity contribution in [3.8, 4) is 39.6 Å². The number of rotatable bonds is 7. The van der Waals surface area contributed by atoms with Gasteiger partial charge in [0.2, 0.25) is 0 Å². The number of aromatic nitrogens is 2. The Morgan fingerprint density at radius 1 is 0.638 bits per heavy atom. The summed E-state index contributed by atoms with van der Waals surface area (Å²) in [5.74, 6) is 1.33. The molecule has 0 saturated heterocycles. The molecule has 0 aliphatic carbocycles. The van der Waals surface area contributed by atoms with Crippen molar-refractivity contribution in [2.24, 2.45) is 0 Å². The van der Waals surface area contributed by atoms with Crippen LogP contribution in [0, 0.1) is 18.8 Å². The van der Waals surface area contributed by atoms with Crippen molar-refractivity contribution < 1.29 is 32.7 Å². The van der Waals surface area contributed by atoms with Gasteiger partial charge >= 0.3 is 0 Å². The normalized spacial score (nSPS) is 13.7. The first-order valence-electron chi connectivity index (χ1n) is 21.4. The van der Waals surface area contributed by atoms with E-state index in [9.17, 15) is 0 Å². The number of anilines is 4. The quantitative estimate of drug-likeness (QED) is 0.149. The molecular weight excluding hydrogens is 892 g/mol. The summed E-state index contributed by atoms with van der Waals surface area (Å²) < 4.78 is 52.1. The summed E-state index contributed by atoms with van der Waals surface area (Å²) in [6.07, 6.45) is 1.73. The van der Waals surface area contributed by atoms with Gasteiger partial charge < -0.3 is 19.1 Å². The van der Waals surface area contributed by atoms with Crippen LogP contribution in [0.25, 0.3) is 49.9 Å². The number of benzene rings is 7. The molecule has 0 saturated carbocycles. The molecule has 0 bridgehead atoms. The van der Waals surface area contributed by atoms with Gasteiger partial charge in [-0.25, -0.2) is 4.98 Å². The van der Waals surface area contributed by atoms with Gasteiger partial charge in [-0.05, 0) is 57.8 Å². The molecule has 286 valence electrons. The fraction of sp³-hybridized carbons (Fsp3) is 0.0769. The molecular formula is C52H39N4OPt-3. The van der Waals surface area contributed by atoms with Gasteiger partial charge in [-0.3, -0.25) is 0 Å². The van der Waals surface area contributed by atoms with E-state index in [1.165, 1.54) is 0 Å². The number of hydrogen-bond donors (Lipinski definition) is 0. The summed E-state index contributed by atoms with van der Waals surface area (Å²) in [6, 6.07) is 52.1. The summed E-state index contributed by atoms with van der Waals surface area (Å²) in [5, 5.41) is 0.993. The zero-order valence-corrected chi connectivity index (χ0v) is 34.2. The van der Waals surface area contributed by atoms with Crippen LogP contribution in [0.2, 0.25) is 0 Å². The molecule has 9 aromatic rings. The van der Waals surface area contributed by atoms with Crippen molar-refractivity contribution in [3.05, 3.63) is 200 Å². The minimum atomic E-state index is -0.318. The Bertz CT molecular complexity index is 3150. The van der Waals surface area contributed by atoms with Crippen molar-refractivity contribution in [1.29, 1.82) is 0 Å². The van der Waals surface area contributed by atoms with Gasteiger partial charge in [0.15, 0.2) is 0 Å². The van der Waals surface area contributed by atoms with Gasteiger partial charge in [-0.1, -0.05) is 135 Å². The first-order chi connectivity index (χ1) is 30.0. The largest absolute Gasteiger partial charge is 0.509 e. The smallest absolute Gasteiger partial charge is 0.135 e. The van der Waals surface area contributed by atoms with Crippen LogP contribution in [-0.2, 0) is 26.5 Å². The summed E-state index contributed by atoms with van der Waals surface area (Å²) in [6.45, 7) is 8.40. The third-order valence-electron chi connectivity index (χ3n) is 10.4. The predicted octanol–water partition coefficient (Wildman–Crippen LogP) is 13.6. The van der Waals surface area contributed by atoms with Crippen LogP contribution in [-0.4, -0.2) is 9.55 Å². The van der Waals surface area contributed by atoms with Gasteiger partial charge in [0.05, 0.1) is 6.85 Å². The van der Waals surface area contributed by atoms with Gasteiger partial charge in [0.1, 0.15) is 5.82 Å². The van der Waals surface area contributed by atoms with E-state index in [0.29, 0.717) is 45.2 Å². The average molecular weight is 936 g/mol. The van der Waals surface area contributed by atoms with E-state index in [1.54, 1.807) is 16.8 Å². The molecule has 3 heterocycles. The number of nitrogens with zero attached hydrogens (tertiary/aromatic N) is 4. The summed E-state index contributed by atoms with van der Waals surface area (Å²) in [5.41, 5.74) is 9.12. The third kappa shape index (κ3) is 6.66. The molecule has 1 aliphatic heterocycles. The SMILES string of the molecule is [2H]c1cc(-c2ccccc2)c(N2[CH-]N(c3[c-]c(Oc4[c-]c5c(cc4)c4c([2H])c([2H])c([2H])c([2H])c4n5-c4cc(C(C)(C)C)ccn4)ccc3)c3ccccc32)c(-c2ccccc2)c1.[Pt]. The fourth-order valence-corrected chi connectivity index (χ4v) is 7.58. The van der Waals surface area contributed by atoms with Crippen LogP contribution < -0.4 is 14.5 Å². The molecule has 0 radical (unpaired) electrons. The van der Waals surface area contributed by atoms with E-state index in [2.05, 4.69) is 85.8 Å². The van der Waals surface area contributed by atoms with Crippen molar-refractivity contribution in [1.82, 2.24) is 9.55 Å². The van der Waals surface area contributed by atoms with Crippen LogP contribution in [0.4, 0.5) is 22.7 Å². The Hall–Kier alpha value is -6.42. The standard InChI is InChI=1S/C52H39N4O.Pt/c1-52(2,3)38-30-31-53-50(32-38)56-46-25-11-10-22-44(46)45-29-28-41(34-49(45)56)57-40-21-14-20-39(33-40)54-35-55(48-27-13-12-26-47(48)54)51-42(36-16-6-4-7-17-36)23-15-24-43(51)37-18-8-5-9-19-37;/h4-32,35H,1-3H3;/q-3;/i10D,11D,15D,22D,25D;. The van der Waals surface area contributed by atoms with Crippen molar-refractivity contribution in [2.45, 2.75) is 26.2 Å². The molecule has 0 N–H and O–H groups in total. The van der Waals surface area contributed by atoms with Crippen LogP contribution >= 0.6 is 0 Å². The number of ether oxygens (including phenoxy) is 1. The van der Waals surface area contributed by atoms with E-state index < -0.39 is 0 Å². The summed E-state index contributed by atoms with van der Waals surface area (Å²) >= 11 is 0. The Morgan fingerprint density at radius 2 is 1.29 bits per heavy atom. The monoisotopic (exact) mass is 935 g/mol. The van der Waals surface area contributed by atoms with E-state index in [0.717, 1.165) is 50.6 Å². The van der Waals surface area contributed by atoms with Gasteiger partial charge in [-0.15, -0.1) is 48.1 Å². The number of hydrogen-bond acceptors (Lipinski definition) is 4. The first kappa shape index (κ1) is 31.6. The van der Waals surface area contributed by atoms with E-state index in [4.69, 9.17) is 16.6 Å². The molecule has 10 rings (SSSR count). The van der Waals surface area contributed by atoms with Crippen LogP contribution in [0.3, 0.4) is 0 Å². The minimum Gasteiger partial charge on any atom is -0.509 e. The van der Waals surface area contributed by atoms with E-state index >= 15 is 0 Å². The Balaban J connectivity index is 0.00000504. The van der Waals surface area contributed by atoms with E-state index in [-0.39, 0.29) is 50.6 Å². The molecule has 0 amide bonds. The zero-order chi connectivity index (χ0) is 42.9. The summed E-state index contributed by atoms with van der Waals surface area (Å²) in [7, 11) is 0. The molecule has 0 spiro atoms. The first-order valence-corrected chi connectivity index (χ1v) is 18.9. The molecule has 5 nitrogen and oxygen atoms in total. The van der Waals surface area contributed by atoms with Crippen molar-refractivity contribution >= 4 is 44.6 Å². The van der Waals surface area contributed by atoms with E-state index in [1.807, 2.05) is 97.1 Å². The number of fused-ring (bicyclic) bond motifs is 4. The summed E-state index contributed by atoms with van der Waals surface area (Å²) in [4.78, 5) is 8.98. The van der Waals surface area contributed by atoms with Crippen LogP contribution in [0.5, 0.6) is 11.5 Å². The van der Waals surface area contributed by atoms with Gasteiger partial charge in [0.25, 0.3) is 0 Å². The second kappa shape index (κ2) is 15.2. The maximum Gasteiger partial charge on any atom is 0.135 e. The number of pyridine rings is 1. The maximum atomic E-state index is 9.00. The van der Waals surface area contributed by atoms with Crippen LogP contribution in [0.1, 0.15) is 33.2 Å². The second-order valence-electron chi connectivity index (χ2n) is 15.0. The molecule has 7 aromatic carbocycles. The predicted molar refractivity (Wildman–Crippen MR) is 234 cm³/mol. The Kier molecular flexibility index (Phi) is 8.27. The minimum absolute atomic E-state index is 0. The molecule has 1 aliphatic rings. The third-order valence-corrected chi connectivity index (χ3v) is 10.4. The van der Waals surface area contributed by atoms with Crippen molar-refractivity contribution in [3.63, 3.8) is 0 Å². The van der Waals surface area contributed by atoms with Gasteiger partial charge in [-0.2, -0.15) is 12.1 Å². The molecule has 58 heavy (non-hydrogen) atoms. The molecule has 0 unspecified atom stereocenters. The van der Waals surface area contributed by atoms with Crippen LogP contribution in [0.15, 0.2) is 176 Å². The average Bonchev–Trinajstić information content (AvgIpc) is 3.84. The number of para-hydroxylation sites is 4. The molecule has 6 heteroatoms. The molecule has 2 aromatic heterocycles. The Labute approximate surface area is 361 Å². The van der Waals surface area contributed by atoms with Gasteiger partial charge in [0, 0.05) is 72.5 Å². The topological polar surface area (TPSA) is 33.5 Å². The maximum absolute atomic E-state index is 9.00. The Morgan fingerprint density at radius 3 is 2.00 bits per heavy atom. The second-order valence-corrected chi connectivity index (χ2v) is 15.0. The zero-order valence-electron chi connectivity index (χ0n) is 36.9. The molecule has 0 fully saturated rings. The van der Waals surface area contributed by atoms with Crippen molar-refractivity contribution in [2.75, 3.05) is 9.80 Å². The fourth-order valence-electron chi connectivity index (χ4n) is 7.58. The molecule has 0 atom stereocenters.